The predicted octanol–water partition coefficient (Wildman–Crippen LogP) is 3.41. The molecule has 2 aromatic carbocycles. The first kappa shape index (κ1) is 18.5. The molecule has 1 atom stereocenters. The Hall–Kier alpha value is -3.28. The van der Waals surface area contributed by atoms with Crippen LogP contribution in [0.25, 0.3) is 0 Å². The average Bonchev–Trinajstić information content (AvgIpc) is 2.71. The van der Waals surface area contributed by atoms with E-state index < -0.39 is 12.0 Å². The number of benzene rings is 2. The molecule has 0 radical (unpaired) electrons. The summed E-state index contributed by atoms with van der Waals surface area (Å²) in [6.07, 6.45) is 0. The van der Waals surface area contributed by atoms with Crippen LogP contribution in [0.4, 0.5) is 4.79 Å². The number of carbonyl (C=O) groups is 2. The third-order valence-corrected chi connectivity index (χ3v) is 4.64. The second-order valence-electron chi connectivity index (χ2n) is 6.28. The van der Waals surface area contributed by atoms with Crippen LogP contribution in [0.5, 0.6) is 5.75 Å². The van der Waals surface area contributed by atoms with Crippen LogP contribution in [0.3, 0.4) is 0 Å². The van der Waals surface area contributed by atoms with Crippen LogP contribution < -0.4 is 10.1 Å². The molecule has 1 aliphatic rings. The van der Waals surface area contributed by atoms with Gasteiger partial charge in [0.2, 0.25) is 0 Å². The largest absolute Gasteiger partial charge is 0.497 e. The van der Waals surface area contributed by atoms with E-state index in [1.54, 1.807) is 21.1 Å². The minimum Gasteiger partial charge on any atom is -0.497 e. The first-order valence-corrected chi connectivity index (χ1v) is 8.61. The highest BCUT2D eigenvalue weighted by atomic mass is 16.5. The van der Waals surface area contributed by atoms with E-state index in [1.807, 2.05) is 54.6 Å². The predicted molar refractivity (Wildman–Crippen MR) is 101 cm³/mol. The topological polar surface area (TPSA) is 67.9 Å². The molecule has 2 aromatic rings. The fourth-order valence-electron chi connectivity index (χ4n) is 2.94. The van der Waals surface area contributed by atoms with Crippen molar-refractivity contribution in [3.63, 3.8) is 0 Å². The maximum absolute atomic E-state index is 12.9. The molecule has 0 bridgehead atoms. The Morgan fingerprint density at radius 2 is 1.78 bits per heavy atom. The lowest BCUT2D eigenvalue weighted by Crippen LogP contribution is -2.46. The minimum atomic E-state index is -0.543. The Morgan fingerprint density at radius 3 is 2.41 bits per heavy atom. The monoisotopic (exact) mass is 366 g/mol. The molecule has 3 rings (SSSR count). The van der Waals surface area contributed by atoms with Crippen molar-refractivity contribution >= 4 is 12.0 Å². The van der Waals surface area contributed by atoms with Crippen LogP contribution in [-0.4, -0.2) is 31.1 Å². The van der Waals surface area contributed by atoms with Crippen LogP contribution in [-0.2, 0) is 16.1 Å². The summed E-state index contributed by atoms with van der Waals surface area (Å²) in [6.45, 7) is 1.89. The second-order valence-corrected chi connectivity index (χ2v) is 6.28. The fourth-order valence-corrected chi connectivity index (χ4v) is 2.94. The summed E-state index contributed by atoms with van der Waals surface area (Å²) >= 11 is 0. The molecule has 1 heterocycles. The third kappa shape index (κ3) is 3.95. The van der Waals surface area contributed by atoms with Crippen molar-refractivity contribution in [2.75, 3.05) is 14.2 Å². The summed E-state index contributed by atoms with van der Waals surface area (Å²) in [6, 6.07) is 15.9. The smallest absolute Gasteiger partial charge is 0.338 e. The Morgan fingerprint density at radius 1 is 1.11 bits per heavy atom. The average molecular weight is 366 g/mol. The van der Waals surface area contributed by atoms with Crippen molar-refractivity contribution in [3.8, 4) is 5.75 Å². The number of carbonyl (C=O) groups excluding carboxylic acids is 2. The molecule has 0 aliphatic carbocycles. The van der Waals surface area contributed by atoms with E-state index in [0.717, 1.165) is 16.9 Å². The van der Waals surface area contributed by atoms with E-state index >= 15 is 0 Å². The zero-order chi connectivity index (χ0) is 19.4. The van der Waals surface area contributed by atoms with Crippen molar-refractivity contribution in [1.29, 1.82) is 0 Å². The van der Waals surface area contributed by atoms with Crippen molar-refractivity contribution in [2.24, 2.45) is 0 Å². The van der Waals surface area contributed by atoms with Gasteiger partial charge in [0, 0.05) is 12.7 Å². The van der Waals surface area contributed by atoms with E-state index in [-0.39, 0.29) is 12.6 Å². The van der Waals surface area contributed by atoms with E-state index in [2.05, 4.69) is 5.32 Å². The summed E-state index contributed by atoms with van der Waals surface area (Å²) in [5.41, 5.74) is 2.69. The van der Waals surface area contributed by atoms with Gasteiger partial charge < -0.3 is 19.7 Å². The van der Waals surface area contributed by atoms with E-state index in [0.29, 0.717) is 11.3 Å². The molecule has 6 nitrogen and oxygen atoms in total. The lowest BCUT2D eigenvalue weighted by atomic mass is 9.95. The maximum atomic E-state index is 12.9. The van der Waals surface area contributed by atoms with Crippen molar-refractivity contribution in [2.45, 2.75) is 19.6 Å². The quantitative estimate of drug-likeness (QED) is 0.824. The van der Waals surface area contributed by atoms with E-state index in [4.69, 9.17) is 9.47 Å². The molecular formula is C21H22N2O4. The first-order valence-electron chi connectivity index (χ1n) is 8.61. The van der Waals surface area contributed by atoms with Gasteiger partial charge in [0.1, 0.15) is 12.4 Å². The number of methoxy groups -OCH3 is 1. The van der Waals surface area contributed by atoms with E-state index in [9.17, 15) is 9.59 Å². The number of hydrogen-bond donors (Lipinski definition) is 1. The number of urea groups is 1. The number of ether oxygens (including phenoxy) is 2. The van der Waals surface area contributed by atoms with E-state index in [1.165, 1.54) is 4.90 Å². The van der Waals surface area contributed by atoms with Gasteiger partial charge in [0.05, 0.1) is 18.7 Å². The Labute approximate surface area is 158 Å². The third-order valence-electron chi connectivity index (χ3n) is 4.64. The highest BCUT2D eigenvalue weighted by molar-refractivity contribution is 5.95. The molecule has 0 spiro atoms. The molecular weight excluding hydrogens is 344 g/mol. The number of rotatable bonds is 5. The zero-order valence-corrected chi connectivity index (χ0v) is 15.6. The van der Waals surface area contributed by atoms with Crippen LogP contribution in [0.1, 0.15) is 24.1 Å². The molecule has 0 fully saturated rings. The molecule has 0 saturated carbocycles. The summed E-state index contributed by atoms with van der Waals surface area (Å²) < 4.78 is 10.7. The summed E-state index contributed by atoms with van der Waals surface area (Å²) in [5, 5.41) is 2.87. The number of hydrogen-bond acceptors (Lipinski definition) is 4. The van der Waals surface area contributed by atoms with Crippen molar-refractivity contribution in [1.82, 2.24) is 10.2 Å². The van der Waals surface area contributed by atoms with Crippen molar-refractivity contribution in [3.05, 3.63) is 77.0 Å². The van der Waals surface area contributed by atoms with Crippen LogP contribution in [0, 0.1) is 0 Å². The lowest BCUT2D eigenvalue weighted by Gasteiger charge is -2.33. The van der Waals surface area contributed by atoms with Crippen LogP contribution in [0.15, 0.2) is 65.9 Å². The minimum absolute atomic E-state index is 0.138. The zero-order valence-electron chi connectivity index (χ0n) is 15.6. The molecule has 1 unspecified atom stereocenters. The SMILES string of the molecule is COc1ccc(COC(=O)C2=C(C)N(C)C(=O)NC2c2ccccc2)cc1. The number of allylic oxidation sites excluding steroid dienone is 1. The fraction of sp³-hybridized carbons (Fsp3) is 0.238. The maximum Gasteiger partial charge on any atom is 0.338 e. The molecule has 27 heavy (non-hydrogen) atoms. The molecule has 0 saturated heterocycles. The molecule has 140 valence electrons. The highest BCUT2D eigenvalue weighted by Crippen LogP contribution is 2.30. The molecule has 2 amide bonds. The van der Waals surface area contributed by atoms with Crippen LogP contribution in [0.2, 0.25) is 0 Å². The molecule has 0 aromatic heterocycles. The Kier molecular flexibility index (Phi) is 5.45. The van der Waals surface area contributed by atoms with Crippen LogP contribution >= 0.6 is 0 Å². The normalized spacial score (nSPS) is 16.8. The number of amides is 2. The van der Waals surface area contributed by atoms with Gasteiger partial charge in [-0.3, -0.25) is 0 Å². The first-order chi connectivity index (χ1) is 13.0. The van der Waals surface area contributed by atoms with Gasteiger partial charge in [-0.15, -0.1) is 0 Å². The standard InChI is InChI=1S/C21H22N2O4/c1-14-18(20(24)27-13-15-9-11-17(26-3)12-10-15)19(22-21(25)23(14)2)16-7-5-4-6-8-16/h4-12,19H,13H2,1-3H3,(H,22,25). The van der Waals surface area contributed by atoms with Gasteiger partial charge in [0.25, 0.3) is 0 Å². The number of nitrogens with zero attached hydrogens (tertiary/aromatic N) is 1. The molecule has 6 heteroatoms. The Balaban J connectivity index is 1.83. The number of nitrogens with one attached hydrogen (secondary N) is 1. The van der Waals surface area contributed by atoms with Gasteiger partial charge in [-0.05, 0) is 30.2 Å². The molecule has 1 aliphatic heterocycles. The summed E-state index contributed by atoms with van der Waals surface area (Å²) in [4.78, 5) is 26.5. The van der Waals surface area contributed by atoms with Crippen molar-refractivity contribution < 1.29 is 19.1 Å². The lowest BCUT2D eigenvalue weighted by molar-refractivity contribution is -0.141. The highest BCUT2D eigenvalue weighted by Gasteiger charge is 2.34. The summed E-state index contributed by atoms with van der Waals surface area (Å²) in [5.74, 6) is 0.286. The van der Waals surface area contributed by atoms with Gasteiger partial charge in [-0.1, -0.05) is 42.5 Å². The summed E-state index contributed by atoms with van der Waals surface area (Å²) in [7, 11) is 3.23. The molecule has 1 N–H and O–H groups in total. The van der Waals surface area contributed by atoms with Gasteiger partial charge in [-0.25, -0.2) is 9.59 Å². The van der Waals surface area contributed by atoms with Gasteiger partial charge >= 0.3 is 12.0 Å². The second kappa shape index (κ2) is 7.95. The van der Waals surface area contributed by atoms with Gasteiger partial charge in [-0.2, -0.15) is 0 Å². The number of esters is 1. The van der Waals surface area contributed by atoms with Gasteiger partial charge in [0.15, 0.2) is 0 Å². The Bertz CT molecular complexity index is 860.